The highest BCUT2D eigenvalue weighted by Gasteiger charge is 2.33. The number of ether oxygens (including phenoxy) is 1. The van der Waals surface area contributed by atoms with Crippen LogP contribution >= 0.6 is 12.2 Å². The summed E-state index contributed by atoms with van der Waals surface area (Å²) in [5.74, 6) is -0.946. The zero-order chi connectivity index (χ0) is 25.8. The molecule has 2 amide bonds. The van der Waals surface area contributed by atoms with Gasteiger partial charge in [-0.2, -0.15) is 0 Å². The molecule has 1 atom stereocenters. The number of carbonyl (C=O) groups excluding carboxylic acids is 2. The Bertz CT molecular complexity index is 1210. The lowest BCUT2D eigenvalue weighted by Gasteiger charge is -2.36. The number of cyclic esters (lactones) is 1. The summed E-state index contributed by atoms with van der Waals surface area (Å²) >= 11 is 4.97. The molecule has 1 N–H and O–H groups in total. The first-order valence-electron chi connectivity index (χ1n) is 11.2. The molecule has 4 rings (SSSR count). The molecule has 2 aliphatic heterocycles. The van der Waals surface area contributed by atoms with E-state index < -0.39 is 22.7 Å². The summed E-state index contributed by atoms with van der Waals surface area (Å²) in [6.45, 7) is 3.98. The first-order chi connectivity index (χ1) is 17.2. The van der Waals surface area contributed by atoms with E-state index in [4.69, 9.17) is 21.4 Å². The average Bonchev–Trinajstić information content (AvgIpc) is 3.48. The Balaban J connectivity index is 1.32. The third-order valence-electron chi connectivity index (χ3n) is 5.81. The minimum Gasteiger partial charge on any atom is -0.442 e. The standard InChI is InChI=1S/C23H24FN5O6S/c1-15(36)25-13-18-14-28(23(31)35-18)16-2-5-20(19(24)12-16)26-8-10-27(11-9-26)21(30)6-3-17-4-7-22(34-17)29(32)33/h2-7,12,18H,8-11,13-14H2,1H3,(H,25,36)/b6-3+/t18-/m0/s1. The van der Waals surface area contributed by atoms with E-state index in [1.807, 2.05) is 4.90 Å². The van der Waals surface area contributed by atoms with Crippen molar-refractivity contribution in [2.24, 2.45) is 0 Å². The topological polar surface area (TPSA) is 121 Å². The van der Waals surface area contributed by atoms with E-state index in [9.17, 15) is 24.1 Å². The van der Waals surface area contributed by atoms with Crippen molar-refractivity contribution in [3.05, 3.63) is 58.1 Å². The van der Waals surface area contributed by atoms with Crippen LogP contribution in [-0.2, 0) is 9.53 Å². The lowest BCUT2D eigenvalue weighted by molar-refractivity contribution is -0.402. The fraction of sp³-hybridized carbons (Fsp3) is 0.348. The molecule has 0 aliphatic carbocycles. The zero-order valence-corrected chi connectivity index (χ0v) is 20.2. The lowest BCUT2D eigenvalue weighted by Crippen LogP contribution is -2.48. The van der Waals surface area contributed by atoms with Crippen molar-refractivity contribution in [3.8, 4) is 0 Å². The third kappa shape index (κ3) is 5.79. The van der Waals surface area contributed by atoms with Gasteiger partial charge in [-0.15, -0.1) is 0 Å². The molecule has 36 heavy (non-hydrogen) atoms. The fourth-order valence-electron chi connectivity index (χ4n) is 3.97. The summed E-state index contributed by atoms with van der Waals surface area (Å²) in [5.41, 5.74) is 0.784. The molecule has 2 fully saturated rings. The van der Waals surface area contributed by atoms with Crippen LogP contribution in [0, 0.1) is 15.9 Å². The quantitative estimate of drug-likeness (QED) is 0.256. The maximum atomic E-state index is 15.0. The summed E-state index contributed by atoms with van der Waals surface area (Å²) in [6, 6.07) is 7.22. The number of nitrogens with zero attached hydrogens (tertiary/aromatic N) is 4. The van der Waals surface area contributed by atoms with E-state index in [-0.39, 0.29) is 24.3 Å². The summed E-state index contributed by atoms with van der Waals surface area (Å²) in [7, 11) is 0. The van der Waals surface area contributed by atoms with Gasteiger partial charge >= 0.3 is 12.0 Å². The van der Waals surface area contributed by atoms with Crippen LogP contribution in [0.2, 0.25) is 0 Å². The number of thiocarbonyl (C=S) groups is 1. The van der Waals surface area contributed by atoms with Gasteiger partial charge < -0.3 is 24.3 Å². The Morgan fingerprint density at radius 1 is 1.28 bits per heavy atom. The van der Waals surface area contributed by atoms with Crippen molar-refractivity contribution >= 4 is 52.5 Å². The molecule has 11 nitrogen and oxygen atoms in total. The van der Waals surface area contributed by atoms with E-state index in [1.165, 1.54) is 35.3 Å². The second-order valence-corrected chi connectivity index (χ2v) is 8.88. The zero-order valence-electron chi connectivity index (χ0n) is 19.4. The predicted octanol–water partition coefficient (Wildman–Crippen LogP) is 2.95. The number of benzene rings is 1. The Morgan fingerprint density at radius 3 is 2.67 bits per heavy atom. The van der Waals surface area contributed by atoms with Crippen molar-refractivity contribution in [1.29, 1.82) is 0 Å². The molecule has 1 aromatic heterocycles. The minimum atomic E-state index is -0.654. The normalized spacial score (nSPS) is 18.0. The largest absolute Gasteiger partial charge is 0.442 e. The molecule has 0 bridgehead atoms. The molecule has 0 saturated carbocycles. The molecule has 0 unspecified atom stereocenters. The summed E-state index contributed by atoms with van der Waals surface area (Å²) in [4.78, 5) is 40.1. The van der Waals surface area contributed by atoms with Gasteiger partial charge in [0.25, 0.3) is 0 Å². The number of carbonyl (C=O) groups is 2. The number of anilines is 2. The summed E-state index contributed by atoms with van der Waals surface area (Å²) in [5, 5.41) is 13.6. The van der Waals surface area contributed by atoms with Gasteiger partial charge in [0, 0.05) is 32.3 Å². The van der Waals surface area contributed by atoms with Gasteiger partial charge in [-0.1, -0.05) is 12.2 Å². The van der Waals surface area contributed by atoms with E-state index in [2.05, 4.69) is 5.32 Å². The number of nitro groups is 1. The predicted molar refractivity (Wildman–Crippen MR) is 133 cm³/mol. The molecule has 2 aromatic rings. The van der Waals surface area contributed by atoms with Crippen LogP contribution in [0.15, 0.2) is 40.8 Å². The maximum absolute atomic E-state index is 15.0. The molecule has 0 radical (unpaired) electrons. The Labute approximate surface area is 211 Å². The SMILES string of the molecule is CC(=S)NC[C@H]1CN(c2ccc(N3CCN(C(=O)/C=C/c4ccc([N+](=O)[O-])o4)CC3)c(F)c2)C(=O)O1. The Hall–Kier alpha value is -4.00. The van der Waals surface area contributed by atoms with Crippen molar-refractivity contribution in [1.82, 2.24) is 10.2 Å². The summed E-state index contributed by atoms with van der Waals surface area (Å²) < 4.78 is 25.3. The number of hydrogen-bond donors (Lipinski definition) is 1. The number of furan rings is 1. The highest BCUT2D eigenvalue weighted by atomic mass is 32.1. The van der Waals surface area contributed by atoms with Crippen LogP contribution in [0.3, 0.4) is 0 Å². The molecule has 3 heterocycles. The number of halogens is 1. The number of nitrogens with one attached hydrogen (secondary N) is 1. The first kappa shape index (κ1) is 25.1. The van der Waals surface area contributed by atoms with Gasteiger partial charge in [-0.05, 0) is 37.3 Å². The number of hydrogen-bond acceptors (Lipinski definition) is 8. The fourth-order valence-corrected chi connectivity index (χ4v) is 4.06. The highest BCUT2D eigenvalue weighted by Crippen LogP contribution is 2.28. The minimum absolute atomic E-state index is 0.203. The number of piperazine rings is 1. The van der Waals surface area contributed by atoms with Crippen LogP contribution < -0.4 is 15.1 Å². The van der Waals surface area contributed by atoms with E-state index in [0.29, 0.717) is 49.1 Å². The lowest BCUT2D eigenvalue weighted by atomic mass is 10.2. The van der Waals surface area contributed by atoms with Gasteiger partial charge in [-0.25, -0.2) is 9.18 Å². The van der Waals surface area contributed by atoms with E-state index >= 15 is 0 Å². The van der Waals surface area contributed by atoms with Crippen molar-refractivity contribution in [3.63, 3.8) is 0 Å². The van der Waals surface area contributed by atoms with Gasteiger partial charge in [0.15, 0.2) is 0 Å². The molecule has 0 spiro atoms. The smallest absolute Gasteiger partial charge is 0.433 e. The third-order valence-corrected chi connectivity index (χ3v) is 5.95. The molecule has 1 aromatic carbocycles. The molecule has 2 saturated heterocycles. The van der Waals surface area contributed by atoms with E-state index in [1.54, 1.807) is 24.0 Å². The summed E-state index contributed by atoms with van der Waals surface area (Å²) in [6.07, 6.45) is 1.74. The van der Waals surface area contributed by atoms with Crippen LogP contribution in [0.1, 0.15) is 12.7 Å². The molecular formula is C23H24FN5O6S. The van der Waals surface area contributed by atoms with Crippen molar-refractivity contribution < 1.29 is 28.1 Å². The highest BCUT2D eigenvalue weighted by molar-refractivity contribution is 7.80. The van der Waals surface area contributed by atoms with Crippen LogP contribution in [0.4, 0.5) is 26.4 Å². The van der Waals surface area contributed by atoms with Gasteiger partial charge in [-0.3, -0.25) is 19.8 Å². The molecule has 2 aliphatic rings. The monoisotopic (exact) mass is 517 g/mol. The van der Waals surface area contributed by atoms with Crippen molar-refractivity contribution in [2.75, 3.05) is 49.1 Å². The average molecular weight is 518 g/mol. The van der Waals surface area contributed by atoms with E-state index in [0.717, 1.165) is 0 Å². The second kappa shape index (κ2) is 10.7. The first-order valence-corrected chi connectivity index (χ1v) is 11.6. The van der Waals surface area contributed by atoms with Gasteiger partial charge in [0.05, 0.1) is 35.5 Å². The van der Waals surface area contributed by atoms with Crippen LogP contribution in [-0.4, -0.2) is 72.2 Å². The maximum Gasteiger partial charge on any atom is 0.433 e. The van der Waals surface area contributed by atoms with Crippen LogP contribution in [0.25, 0.3) is 6.08 Å². The Morgan fingerprint density at radius 2 is 2.03 bits per heavy atom. The molecule has 190 valence electrons. The van der Waals surface area contributed by atoms with Gasteiger partial charge in [0.1, 0.15) is 22.6 Å². The van der Waals surface area contributed by atoms with Crippen LogP contribution in [0.5, 0.6) is 0 Å². The number of amides is 2. The van der Waals surface area contributed by atoms with Gasteiger partial charge in [0.2, 0.25) is 5.91 Å². The molecular weight excluding hydrogens is 493 g/mol. The molecule has 13 heteroatoms. The Kier molecular flexibility index (Phi) is 7.48. The van der Waals surface area contributed by atoms with Crippen molar-refractivity contribution in [2.45, 2.75) is 13.0 Å². The second-order valence-electron chi connectivity index (χ2n) is 8.27. The number of rotatable bonds is 7.